The van der Waals surface area contributed by atoms with Crippen LogP contribution in [-0.2, 0) is 14.3 Å². The fourth-order valence-corrected chi connectivity index (χ4v) is 3.39. The Hall–Kier alpha value is -3.87. The lowest BCUT2D eigenvalue weighted by atomic mass is 10.1. The van der Waals surface area contributed by atoms with Crippen LogP contribution in [0.1, 0.15) is 27.0 Å². The van der Waals surface area contributed by atoms with Gasteiger partial charge in [0, 0.05) is 5.69 Å². The molecule has 7 nitrogen and oxygen atoms in total. The van der Waals surface area contributed by atoms with Gasteiger partial charge in [0.25, 0.3) is 5.91 Å². The Bertz CT molecular complexity index is 1150. The molecule has 160 valence electrons. The van der Waals surface area contributed by atoms with Crippen molar-refractivity contribution in [1.29, 1.82) is 0 Å². The predicted molar refractivity (Wildman–Crippen MR) is 118 cm³/mol. The summed E-state index contributed by atoms with van der Waals surface area (Å²) < 4.78 is 4.98. The number of hydrogen-bond donors (Lipinski definition) is 3. The Morgan fingerprint density at radius 3 is 2.16 bits per heavy atom. The molecule has 0 aromatic heterocycles. The van der Waals surface area contributed by atoms with E-state index < -0.39 is 18.5 Å². The van der Waals surface area contributed by atoms with E-state index in [1.54, 1.807) is 6.07 Å². The molecule has 3 aromatic carbocycles. The third kappa shape index (κ3) is 5.39. The highest BCUT2D eigenvalue weighted by molar-refractivity contribution is 6.00. The van der Waals surface area contributed by atoms with Gasteiger partial charge in [0.1, 0.15) is 11.3 Å². The zero-order valence-electron chi connectivity index (χ0n) is 17.6. The Morgan fingerprint density at radius 2 is 1.52 bits per heavy atom. The topological polar surface area (TPSA) is 105 Å². The van der Waals surface area contributed by atoms with E-state index in [1.165, 1.54) is 12.1 Å². The number of hydrogen-bond acceptors (Lipinski definition) is 5. The van der Waals surface area contributed by atoms with Crippen molar-refractivity contribution in [1.82, 2.24) is 5.32 Å². The first-order chi connectivity index (χ1) is 14.7. The zero-order valence-corrected chi connectivity index (χ0v) is 17.6. The minimum absolute atomic E-state index is 0.0328. The minimum atomic E-state index is -0.825. The second kappa shape index (κ2) is 9.30. The molecule has 0 bridgehead atoms. The van der Waals surface area contributed by atoms with Gasteiger partial charge in [0.2, 0.25) is 5.91 Å². The number of phenolic OH excluding ortho intramolecular Hbond substituents is 1. The van der Waals surface area contributed by atoms with Crippen LogP contribution in [0.3, 0.4) is 0 Å². The summed E-state index contributed by atoms with van der Waals surface area (Å²) in [6.45, 7) is 4.95. The fourth-order valence-electron chi connectivity index (χ4n) is 3.39. The normalized spacial score (nSPS) is 10.5. The molecule has 0 spiro atoms. The third-order valence-corrected chi connectivity index (χ3v) is 4.81. The number of anilines is 1. The zero-order chi connectivity index (χ0) is 22.5. The van der Waals surface area contributed by atoms with E-state index in [0.29, 0.717) is 5.69 Å². The Balaban J connectivity index is 1.52. The van der Waals surface area contributed by atoms with E-state index in [0.717, 1.165) is 27.5 Å². The van der Waals surface area contributed by atoms with Gasteiger partial charge in [-0.25, -0.2) is 4.79 Å². The van der Waals surface area contributed by atoms with Crippen molar-refractivity contribution < 1.29 is 24.2 Å². The number of carbonyl (C=O) groups is 3. The number of rotatable bonds is 6. The molecule has 31 heavy (non-hydrogen) atoms. The molecule has 0 heterocycles. The first-order valence-electron chi connectivity index (χ1n) is 9.78. The SMILES string of the molecule is Cc1cc(C)c(NC(=O)CNC(=O)COC(=O)c2cc3ccccc3cc2O)c(C)c1. The van der Waals surface area contributed by atoms with E-state index in [4.69, 9.17) is 4.74 Å². The summed E-state index contributed by atoms with van der Waals surface area (Å²) in [5, 5.41) is 16.8. The van der Waals surface area contributed by atoms with Crippen molar-refractivity contribution in [2.45, 2.75) is 20.8 Å². The van der Waals surface area contributed by atoms with E-state index in [2.05, 4.69) is 10.6 Å². The van der Waals surface area contributed by atoms with Crippen LogP contribution in [0.25, 0.3) is 10.8 Å². The molecule has 3 rings (SSSR count). The largest absolute Gasteiger partial charge is 0.507 e. The first-order valence-corrected chi connectivity index (χ1v) is 9.78. The molecule has 0 aliphatic carbocycles. The fraction of sp³-hybridized carbons (Fsp3) is 0.208. The first kappa shape index (κ1) is 21.8. The summed E-state index contributed by atoms with van der Waals surface area (Å²) in [5.41, 5.74) is 3.64. The summed E-state index contributed by atoms with van der Waals surface area (Å²) >= 11 is 0. The number of carbonyl (C=O) groups excluding carboxylic acids is 3. The second-order valence-corrected chi connectivity index (χ2v) is 7.39. The van der Waals surface area contributed by atoms with Gasteiger partial charge in [0.05, 0.1) is 6.54 Å². The van der Waals surface area contributed by atoms with Crippen LogP contribution in [-0.4, -0.2) is 36.0 Å². The number of aromatic hydroxyl groups is 1. The lowest BCUT2D eigenvalue weighted by Crippen LogP contribution is -2.35. The van der Waals surface area contributed by atoms with Crippen molar-refractivity contribution in [3.63, 3.8) is 0 Å². The van der Waals surface area contributed by atoms with Crippen LogP contribution >= 0.6 is 0 Å². The van der Waals surface area contributed by atoms with Gasteiger partial charge in [-0.15, -0.1) is 0 Å². The highest BCUT2D eigenvalue weighted by Crippen LogP contribution is 2.25. The average Bonchev–Trinajstić information content (AvgIpc) is 2.72. The van der Waals surface area contributed by atoms with E-state index in [-0.39, 0.29) is 23.8 Å². The highest BCUT2D eigenvalue weighted by Gasteiger charge is 2.16. The lowest BCUT2D eigenvalue weighted by molar-refractivity contribution is -0.126. The number of amides is 2. The summed E-state index contributed by atoms with van der Waals surface area (Å²) in [7, 11) is 0. The van der Waals surface area contributed by atoms with E-state index in [1.807, 2.05) is 51.1 Å². The number of aryl methyl sites for hydroxylation is 3. The standard InChI is InChI=1S/C24H24N2O5/c1-14-8-15(2)23(16(3)9-14)26-21(28)12-25-22(29)13-31-24(30)19-10-17-6-4-5-7-18(17)11-20(19)27/h4-11,27H,12-13H2,1-3H3,(H,25,29)(H,26,28). The quantitative estimate of drug-likeness (QED) is 0.530. The molecule has 2 amide bonds. The maximum absolute atomic E-state index is 12.3. The van der Waals surface area contributed by atoms with Crippen molar-refractivity contribution in [3.05, 3.63) is 70.8 Å². The molecule has 0 saturated carbocycles. The molecule has 0 aliphatic heterocycles. The Labute approximate surface area is 180 Å². The number of benzene rings is 3. The van der Waals surface area contributed by atoms with Gasteiger partial charge >= 0.3 is 5.97 Å². The van der Waals surface area contributed by atoms with Crippen molar-refractivity contribution in [2.24, 2.45) is 0 Å². The number of esters is 1. The molecule has 3 aromatic rings. The van der Waals surface area contributed by atoms with Gasteiger partial charge in [-0.3, -0.25) is 9.59 Å². The Kier molecular flexibility index (Phi) is 6.55. The molecule has 0 radical (unpaired) electrons. The molecule has 0 unspecified atom stereocenters. The van der Waals surface area contributed by atoms with Crippen molar-refractivity contribution >= 4 is 34.2 Å². The number of ether oxygens (including phenoxy) is 1. The monoisotopic (exact) mass is 420 g/mol. The predicted octanol–water partition coefficient (Wildman–Crippen LogP) is 3.38. The van der Waals surface area contributed by atoms with Gasteiger partial charge < -0.3 is 20.5 Å². The minimum Gasteiger partial charge on any atom is -0.507 e. The maximum Gasteiger partial charge on any atom is 0.342 e. The number of nitrogens with one attached hydrogen (secondary N) is 2. The van der Waals surface area contributed by atoms with Crippen molar-refractivity contribution in [3.8, 4) is 5.75 Å². The van der Waals surface area contributed by atoms with Gasteiger partial charge in [-0.2, -0.15) is 0 Å². The van der Waals surface area contributed by atoms with Gasteiger partial charge in [-0.1, -0.05) is 42.0 Å². The van der Waals surface area contributed by atoms with Gasteiger partial charge in [-0.05, 0) is 54.8 Å². The third-order valence-electron chi connectivity index (χ3n) is 4.81. The van der Waals surface area contributed by atoms with Crippen molar-refractivity contribution in [2.75, 3.05) is 18.5 Å². The number of fused-ring (bicyclic) bond motifs is 1. The molecule has 0 atom stereocenters. The van der Waals surface area contributed by atoms with Crippen LogP contribution in [0, 0.1) is 20.8 Å². The smallest absolute Gasteiger partial charge is 0.342 e. The molecule has 3 N–H and O–H groups in total. The van der Waals surface area contributed by atoms with Crippen LogP contribution in [0.5, 0.6) is 5.75 Å². The van der Waals surface area contributed by atoms with Crippen LogP contribution < -0.4 is 10.6 Å². The van der Waals surface area contributed by atoms with Crippen LogP contribution in [0.2, 0.25) is 0 Å². The van der Waals surface area contributed by atoms with Gasteiger partial charge in [0.15, 0.2) is 6.61 Å². The van der Waals surface area contributed by atoms with Crippen LogP contribution in [0.4, 0.5) is 5.69 Å². The summed E-state index contributed by atoms with van der Waals surface area (Å²) in [4.78, 5) is 36.4. The van der Waals surface area contributed by atoms with E-state index >= 15 is 0 Å². The molecule has 0 aliphatic rings. The maximum atomic E-state index is 12.3. The molecule has 7 heteroatoms. The average molecular weight is 420 g/mol. The highest BCUT2D eigenvalue weighted by atomic mass is 16.5. The molecular weight excluding hydrogens is 396 g/mol. The second-order valence-electron chi connectivity index (χ2n) is 7.39. The number of phenols is 1. The summed E-state index contributed by atoms with van der Waals surface area (Å²) in [5.74, 6) is -2.07. The summed E-state index contributed by atoms with van der Waals surface area (Å²) in [6, 6.07) is 14.1. The van der Waals surface area contributed by atoms with E-state index in [9.17, 15) is 19.5 Å². The molecule has 0 saturated heterocycles. The lowest BCUT2D eigenvalue weighted by Gasteiger charge is -2.13. The Morgan fingerprint density at radius 1 is 0.903 bits per heavy atom. The van der Waals surface area contributed by atoms with Crippen LogP contribution in [0.15, 0.2) is 48.5 Å². The summed E-state index contributed by atoms with van der Waals surface area (Å²) in [6.07, 6.45) is 0. The molecule has 0 fully saturated rings. The molecular formula is C24H24N2O5.